The number of imide groups is 1. The zero-order chi connectivity index (χ0) is 17.2. The summed E-state index contributed by atoms with van der Waals surface area (Å²) in [6.07, 6.45) is 0.541. The Bertz CT molecular complexity index is 644. The van der Waals surface area contributed by atoms with Crippen LogP contribution in [0.5, 0.6) is 0 Å². The Kier molecular flexibility index (Phi) is 4.49. The second kappa shape index (κ2) is 6.20. The predicted molar refractivity (Wildman–Crippen MR) is 78.1 cm³/mol. The highest BCUT2D eigenvalue weighted by atomic mass is 16.7. The van der Waals surface area contributed by atoms with E-state index in [2.05, 4.69) is 0 Å². The second-order valence-corrected chi connectivity index (χ2v) is 5.73. The van der Waals surface area contributed by atoms with Gasteiger partial charge < -0.3 is 9.57 Å². The summed E-state index contributed by atoms with van der Waals surface area (Å²) in [5, 5.41) is 0.381. The van der Waals surface area contributed by atoms with E-state index < -0.39 is 35.8 Å². The predicted octanol–water partition coefficient (Wildman–Crippen LogP) is 1.72. The molecule has 0 unspecified atom stereocenters. The normalized spacial score (nSPS) is 13.8. The molecule has 0 aliphatic carbocycles. The van der Waals surface area contributed by atoms with Crippen LogP contribution in [-0.4, -0.2) is 35.4 Å². The van der Waals surface area contributed by atoms with Crippen LogP contribution in [0, 0.1) is 5.41 Å². The molecule has 1 aliphatic rings. The molecule has 0 fully saturated rings. The van der Waals surface area contributed by atoms with Gasteiger partial charge in [-0.2, -0.15) is 0 Å². The van der Waals surface area contributed by atoms with Crippen molar-refractivity contribution in [3.63, 3.8) is 0 Å². The average molecular weight is 319 g/mol. The first kappa shape index (κ1) is 16.7. The molecule has 1 aliphatic heterocycles. The van der Waals surface area contributed by atoms with Crippen LogP contribution in [0.1, 0.15) is 47.9 Å². The van der Waals surface area contributed by atoms with Gasteiger partial charge in [-0.3, -0.25) is 14.4 Å². The van der Waals surface area contributed by atoms with Crippen LogP contribution >= 0.6 is 0 Å². The smallest absolute Gasteiger partial charge is 0.370 e. The molecule has 0 spiro atoms. The fraction of sp³-hybridized carbons (Fsp3) is 0.375. The zero-order valence-electron chi connectivity index (χ0n) is 13.1. The fourth-order valence-corrected chi connectivity index (χ4v) is 1.84. The Labute approximate surface area is 133 Å². The molecule has 1 heterocycles. The third kappa shape index (κ3) is 3.23. The molecule has 23 heavy (non-hydrogen) atoms. The minimum Gasteiger partial charge on any atom is -0.453 e. The van der Waals surface area contributed by atoms with Gasteiger partial charge in [0.2, 0.25) is 0 Å². The van der Waals surface area contributed by atoms with Crippen LogP contribution in [0.4, 0.5) is 0 Å². The van der Waals surface area contributed by atoms with E-state index in [9.17, 15) is 19.2 Å². The molecule has 0 saturated carbocycles. The number of ether oxygens (including phenoxy) is 1. The molecule has 0 radical (unpaired) electrons. The molecule has 1 aromatic carbocycles. The minimum atomic E-state index is -1.00. The lowest BCUT2D eigenvalue weighted by molar-refractivity contribution is -0.179. The van der Waals surface area contributed by atoms with E-state index in [0.29, 0.717) is 11.5 Å². The van der Waals surface area contributed by atoms with E-state index in [0.717, 1.165) is 0 Å². The standard InChI is InChI=1S/C16H17NO6/c1-4-16(2,3)15(21)22-9-12(18)23-17-13(19)10-7-5-6-8-11(10)14(17)20/h5-8H,4,9H2,1-3H3. The van der Waals surface area contributed by atoms with Crippen molar-refractivity contribution in [3.05, 3.63) is 35.4 Å². The molecule has 2 rings (SSSR count). The van der Waals surface area contributed by atoms with Crippen LogP contribution in [0.15, 0.2) is 24.3 Å². The second-order valence-electron chi connectivity index (χ2n) is 5.73. The molecule has 0 N–H and O–H groups in total. The van der Waals surface area contributed by atoms with Gasteiger partial charge in [0.05, 0.1) is 16.5 Å². The molecule has 7 nitrogen and oxygen atoms in total. The van der Waals surface area contributed by atoms with Crippen molar-refractivity contribution >= 4 is 23.8 Å². The van der Waals surface area contributed by atoms with Crippen molar-refractivity contribution in [1.82, 2.24) is 5.06 Å². The fourth-order valence-electron chi connectivity index (χ4n) is 1.84. The summed E-state index contributed by atoms with van der Waals surface area (Å²) in [6, 6.07) is 6.13. The van der Waals surface area contributed by atoms with E-state index in [-0.39, 0.29) is 11.1 Å². The average Bonchev–Trinajstić information content (AvgIpc) is 2.78. The monoisotopic (exact) mass is 319 g/mol. The van der Waals surface area contributed by atoms with Crippen LogP contribution in [0.25, 0.3) is 0 Å². The number of hydrogen-bond acceptors (Lipinski definition) is 6. The van der Waals surface area contributed by atoms with Crippen molar-refractivity contribution in [2.75, 3.05) is 6.61 Å². The quantitative estimate of drug-likeness (QED) is 0.606. The van der Waals surface area contributed by atoms with Gasteiger partial charge in [-0.25, -0.2) is 4.79 Å². The number of amides is 2. The first-order valence-electron chi connectivity index (χ1n) is 7.13. The third-order valence-electron chi connectivity index (χ3n) is 3.71. The lowest BCUT2D eigenvalue weighted by Gasteiger charge is -2.20. The first-order chi connectivity index (χ1) is 10.8. The van der Waals surface area contributed by atoms with Crippen molar-refractivity contribution < 1.29 is 28.8 Å². The van der Waals surface area contributed by atoms with E-state index in [4.69, 9.17) is 9.57 Å². The molecular formula is C16H17NO6. The van der Waals surface area contributed by atoms with Gasteiger partial charge in [-0.1, -0.05) is 24.1 Å². The maximum atomic E-state index is 12.0. The Morgan fingerprint density at radius 3 is 2.09 bits per heavy atom. The van der Waals surface area contributed by atoms with Gasteiger partial charge in [-0.15, -0.1) is 0 Å². The van der Waals surface area contributed by atoms with E-state index >= 15 is 0 Å². The van der Waals surface area contributed by atoms with E-state index in [1.54, 1.807) is 26.0 Å². The number of carbonyl (C=O) groups excluding carboxylic acids is 4. The largest absolute Gasteiger partial charge is 0.453 e. The van der Waals surface area contributed by atoms with Crippen LogP contribution in [0.2, 0.25) is 0 Å². The lowest BCUT2D eigenvalue weighted by Crippen LogP contribution is -2.35. The van der Waals surface area contributed by atoms with E-state index in [1.807, 2.05) is 6.92 Å². The molecule has 0 atom stereocenters. The summed E-state index contributed by atoms with van der Waals surface area (Å²) in [5.74, 6) is -3.00. The summed E-state index contributed by atoms with van der Waals surface area (Å²) in [7, 11) is 0. The highest BCUT2D eigenvalue weighted by Gasteiger charge is 2.39. The molecule has 7 heteroatoms. The number of fused-ring (bicyclic) bond motifs is 1. The number of nitrogens with zero attached hydrogens (tertiary/aromatic N) is 1. The molecule has 1 aromatic rings. The molecular weight excluding hydrogens is 302 g/mol. The maximum Gasteiger partial charge on any atom is 0.370 e. The summed E-state index contributed by atoms with van der Waals surface area (Å²) >= 11 is 0. The number of hydrogen-bond donors (Lipinski definition) is 0. The van der Waals surface area contributed by atoms with Gasteiger partial charge in [0.1, 0.15) is 0 Å². The third-order valence-corrected chi connectivity index (χ3v) is 3.71. The Balaban J connectivity index is 1.96. The molecule has 0 saturated heterocycles. The van der Waals surface area contributed by atoms with Crippen LogP contribution in [0.3, 0.4) is 0 Å². The van der Waals surface area contributed by atoms with Gasteiger partial charge in [0, 0.05) is 0 Å². The van der Waals surface area contributed by atoms with E-state index in [1.165, 1.54) is 12.1 Å². The lowest BCUT2D eigenvalue weighted by atomic mass is 9.91. The molecule has 122 valence electrons. The molecule has 0 bridgehead atoms. The summed E-state index contributed by atoms with van der Waals surface area (Å²) < 4.78 is 4.85. The van der Waals surface area contributed by atoms with Crippen molar-refractivity contribution in [2.45, 2.75) is 27.2 Å². The molecule has 2 amide bonds. The summed E-state index contributed by atoms with van der Waals surface area (Å²) in [4.78, 5) is 52.2. The number of esters is 1. The van der Waals surface area contributed by atoms with Crippen molar-refractivity contribution in [1.29, 1.82) is 0 Å². The zero-order valence-corrected chi connectivity index (χ0v) is 13.1. The highest BCUT2D eigenvalue weighted by Crippen LogP contribution is 2.23. The number of benzene rings is 1. The van der Waals surface area contributed by atoms with Crippen LogP contribution in [-0.2, 0) is 19.2 Å². The number of rotatable bonds is 5. The van der Waals surface area contributed by atoms with Crippen LogP contribution < -0.4 is 0 Å². The van der Waals surface area contributed by atoms with Gasteiger partial charge in [0.25, 0.3) is 11.8 Å². The topological polar surface area (TPSA) is 90.0 Å². The molecule has 0 aromatic heterocycles. The van der Waals surface area contributed by atoms with Crippen molar-refractivity contribution in [2.24, 2.45) is 5.41 Å². The Hall–Kier alpha value is -2.70. The minimum absolute atomic E-state index is 0.161. The Morgan fingerprint density at radius 1 is 1.09 bits per heavy atom. The Morgan fingerprint density at radius 2 is 1.61 bits per heavy atom. The SMILES string of the molecule is CCC(C)(C)C(=O)OCC(=O)ON1C(=O)c2ccccc2C1=O. The highest BCUT2D eigenvalue weighted by molar-refractivity contribution is 6.20. The van der Waals surface area contributed by atoms with Gasteiger partial charge >= 0.3 is 11.9 Å². The number of carbonyl (C=O) groups is 4. The van der Waals surface area contributed by atoms with Gasteiger partial charge in [0.15, 0.2) is 6.61 Å². The first-order valence-corrected chi connectivity index (χ1v) is 7.13. The van der Waals surface area contributed by atoms with Crippen molar-refractivity contribution in [3.8, 4) is 0 Å². The number of hydroxylamine groups is 2. The van der Waals surface area contributed by atoms with Gasteiger partial charge in [-0.05, 0) is 32.4 Å². The summed E-state index contributed by atoms with van der Waals surface area (Å²) in [6.45, 7) is 4.52. The summed E-state index contributed by atoms with van der Waals surface area (Å²) in [5.41, 5.74) is -0.403. The maximum absolute atomic E-state index is 12.0.